The van der Waals surface area contributed by atoms with Crippen LogP contribution in [0.4, 0.5) is 13.2 Å². The molecule has 18 heavy (non-hydrogen) atoms. The number of hydrogen-bond donors (Lipinski definition) is 2. The van der Waals surface area contributed by atoms with Gasteiger partial charge in [-0.25, -0.2) is 10.0 Å². The smallest absolute Gasteiger partial charge is 0.396 e. The fraction of sp³-hybridized carbons (Fsp3) is 1.00. The van der Waals surface area contributed by atoms with E-state index >= 15 is 0 Å². The summed E-state index contributed by atoms with van der Waals surface area (Å²) in [5.41, 5.74) is -0.419. The van der Waals surface area contributed by atoms with E-state index in [1.54, 1.807) is 0 Å². The summed E-state index contributed by atoms with van der Waals surface area (Å²) < 4.78 is 36.2. The number of nitrogens with zero attached hydrogens (tertiary/aromatic N) is 2. The van der Waals surface area contributed by atoms with Gasteiger partial charge < -0.3 is 10.4 Å². The Bertz CT molecular complexity index is 250. The van der Waals surface area contributed by atoms with E-state index in [2.05, 4.69) is 10.3 Å². The van der Waals surface area contributed by atoms with Crippen LogP contribution in [0.2, 0.25) is 0 Å². The summed E-state index contributed by atoms with van der Waals surface area (Å²) in [4.78, 5) is 0. The van der Waals surface area contributed by atoms with Crippen molar-refractivity contribution in [3.63, 3.8) is 0 Å². The van der Waals surface area contributed by atoms with Crippen LogP contribution in [0.15, 0.2) is 0 Å². The number of aliphatic hydroxyl groups is 1. The molecular weight excluding hydrogens is 247 g/mol. The topological polar surface area (TPSA) is 38.7 Å². The number of aliphatic hydroxyl groups excluding tert-OH is 1. The molecule has 0 aromatic heterocycles. The minimum Gasteiger partial charge on any atom is -0.396 e. The van der Waals surface area contributed by atoms with Gasteiger partial charge in [-0.15, -0.1) is 0 Å². The first-order valence-corrected chi connectivity index (χ1v) is 6.08. The predicted molar refractivity (Wildman–Crippen MR) is 62.9 cm³/mol. The highest BCUT2D eigenvalue weighted by atomic mass is 19.4. The first kappa shape index (κ1) is 15.7. The van der Waals surface area contributed by atoms with Crippen molar-refractivity contribution in [2.24, 2.45) is 5.41 Å². The van der Waals surface area contributed by atoms with E-state index in [1.807, 2.05) is 19.1 Å². The molecule has 0 spiro atoms. The minimum atomic E-state index is -4.19. The van der Waals surface area contributed by atoms with Gasteiger partial charge in [-0.1, -0.05) is 0 Å². The molecular formula is C11H22F3N3O. The van der Waals surface area contributed by atoms with Crippen LogP contribution >= 0.6 is 0 Å². The molecule has 108 valence electrons. The lowest BCUT2D eigenvalue weighted by Gasteiger charge is -2.43. The zero-order chi connectivity index (χ0) is 13.8. The Labute approximate surface area is 106 Å². The lowest BCUT2D eigenvalue weighted by molar-refractivity contribution is -0.127. The Morgan fingerprint density at radius 3 is 2.22 bits per heavy atom. The second-order valence-corrected chi connectivity index (χ2v) is 5.18. The van der Waals surface area contributed by atoms with Crippen LogP contribution in [0, 0.1) is 5.41 Å². The highest BCUT2D eigenvalue weighted by Gasteiger charge is 2.36. The van der Waals surface area contributed by atoms with Gasteiger partial charge in [0.05, 0.1) is 13.2 Å². The fourth-order valence-corrected chi connectivity index (χ4v) is 2.23. The van der Waals surface area contributed by atoms with E-state index in [0.29, 0.717) is 12.8 Å². The molecule has 1 heterocycles. The molecule has 0 amide bonds. The largest absolute Gasteiger partial charge is 0.401 e. The lowest BCUT2D eigenvalue weighted by Crippen LogP contribution is -2.51. The van der Waals surface area contributed by atoms with Crippen LogP contribution in [0.3, 0.4) is 0 Å². The third-order valence-corrected chi connectivity index (χ3v) is 3.53. The van der Waals surface area contributed by atoms with Crippen molar-refractivity contribution >= 4 is 0 Å². The quantitative estimate of drug-likeness (QED) is 0.770. The van der Waals surface area contributed by atoms with Gasteiger partial charge in [0.15, 0.2) is 0 Å². The standard InChI is InChI=1S/C11H22F3N3O/c1-16(2)17-5-3-10(9-18,4-6-17)7-15-8-11(12,13)14/h15,18H,3-9H2,1-2H3. The molecule has 1 aliphatic rings. The molecule has 0 aliphatic carbocycles. The van der Waals surface area contributed by atoms with Crippen LogP contribution in [-0.4, -0.2) is 68.2 Å². The fourth-order valence-electron chi connectivity index (χ4n) is 2.23. The average Bonchev–Trinajstić information content (AvgIpc) is 2.28. The first-order chi connectivity index (χ1) is 8.28. The summed E-state index contributed by atoms with van der Waals surface area (Å²) in [6.07, 6.45) is -2.79. The zero-order valence-electron chi connectivity index (χ0n) is 10.9. The third-order valence-electron chi connectivity index (χ3n) is 3.53. The van der Waals surface area contributed by atoms with E-state index in [0.717, 1.165) is 13.1 Å². The number of hydrogen-bond acceptors (Lipinski definition) is 4. The van der Waals surface area contributed by atoms with Gasteiger partial charge in [0.25, 0.3) is 0 Å². The van der Waals surface area contributed by atoms with Crippen molar-refractivity contribution in [3.05, 3.63) is 0 Å². The molecule has 0 aromatic rings. The van der Waals surface area contributed by atoms with Crippen LogP contribution in [0.1, 0.15) is 12.8 Å². The molecule has 4 nitrogen and oxygen atoms in total. The summed E-state index contributed by atoms with van der Waals surface area (Å²) in [6.45, 7) is 0.679. The number of alkyl halides is 3. The van der Waals surface area contributed by atoms with E-state index in [4.69, 9.17) is 0 Å². The molecule has 0 unspecified atom stereocenters. The summed E-state index contributed by atoms with van der Waals surface area (Å²) >= 11 is 0. The first-order valence-electron chi connectivity index (χ1n) is 6.08. The Hall–Kier alpha value is -0.370. The maximum atomic E-state index is 12.1. The van der Waals surface area contributed by atoms with E-state index in [-0.39, 0.29) is 13.2 Å². The number of piperidine rings is 1. The predicted octanol–water partition coefficient (Wildman–Crippen LogP) is 0.689. The van der Waals surface area contributed by atoms with Crippen molar-refractivity contribution in [3.8, 4) is 0 Å². The maximum absolute atomic E-state index is 12.1. The van der Waals surface area contributed by atoms with Crippen molar-refractivity contribution in [2.75, 3.05) is 46.9 Å². The van der Waals surface area contributed by atoms with Crippen LogP contribution in [-0.2, 0) is 0 Å². The third kappa shape index (κ3) is 4.72. The molecule has 0 radical (unpaired) electrons. The number of hydrazine groups is 1. The molecule has 0 saturated carbocycles. The van der Waals surface area contributed by atoms with Gasteiger partial charge in [-0.2, -0.15) is 13.2 Å². The molecule has 1 fully saturated rings. The maximum Gasteiger partial charge on any atom is 0.401 e. The molecule has 7 heteroatoms. The van der Waals surface area contributed by atoms with Crippen LogP contribution in [0.25, 0.3) is 0 Å². The Morgan fingerprint density at radius 2 is 1.83 bits per heavy atom. The minimum absolute atomic E-state index is 0.0703. The Kier molecular flexibility index (Phi) is 5.39. The molecule has 0 atom stereocenters. The van der Waals surface area contributed by atoms with Gasteiger partial charge in [0.1, 0.15) is 0 Å². The Morgan fingerprint density at radius 1 is 1.28 bits per heavy atom. The summed E-state index contributed by atoms with van der Waals surface area (Å²) in [7, 11) is 3.88. The summed E-state index contributed by atoms with van der Waals surface area (Å²) in [6, 6.07) is 0. The highest BCUT2D eigenvalue weighted by Crippen LogP contribution is 2.30. The SMILES string of the molecule is CN(C)N1CCC(CO)(CNCC(F)(F)F)CC1. The molecule has 0 aromatic carbocycles. The van der Waals surface area contributed by atoms with Gasteiger partial charge in [0.2, 0.25) is 0 Å². The van der Waals surface area contributed by atoms with Crippen molar-refractivity contribution in [1.82, 2.24) is 15.3 Å². The van der Waals surface area contributed by atoms with Crippen LogP contribution in [0.5, 0.6) is 0 Å². The van der Waals surface area contributed by atoms with Gasteiger partial charge in [0, 0.05) is 39.1 Å². The summed E-state index contributed by atoms with van der Waals surface area (Å²) in [5, 5.41) is 16.0. The van der Waals surface area contributed by atoms with E-state index < -0.39 is 18.1 Å². The molecule has 2 N–H and O–H groups in total. The second-order valence-electron chi connectivity index (χ2n) is 5.18. The van der Waals surface area contributed by atoms with Crippen molar-refractivity contribution in [1.29, 1.82) is 0 Å². The highest BCUT2D eigenvalue weighted by molar-refractivity contribution is 4.86. The number of nitrogens with one attached hydrogen (secondary N) is 1. The monoisotopic (exact) mass is 269 g/mol. The van der Waals surface area contributed by atoms with Gasteiger partial charge in [-0.05, 0) is 12.8 Å². The number of rotatable bonds is 5. The van der Waals surface area contributed by atoms with Gasteiger partial charge in [-0.3, -0.25) is 0 Å². The molecule has 0 bridgehead atoms. The Balaban J connectivity index is 2.41. The average molecular weight is 269 g/mol. The van der Waals surface area contributed by atoms with Crippen LogP contribution < -0.4 is 5.32 Å². The van der Waals surface area contributed by atoms with Crippen molar-refractivity contribution < 1.29 is 18.3 Å². The van der Waals surface area contributed by atoms with E-state index in [1.165, 1.54) is 0 Å². The lowest BCUT2D eigenvalue weighted by atomic mass is 9.79. The second kappa shape index (κ2) is 6.18. The summed E-state index contributed by atoms with van der Waals surface area (Å²) in [5.74, 6) is 0. The molecule has 1 rings (SSSR count). The van der Waals surface area contributed by atoms with E-state index in [9.17, 15) is 18.3 Å². The van der Waals surface area contributed by atoms with Crippen molar-refractivity contribution in [2.45, 2.75) is 19.0 Å². The van der Waals surface area contributed by atoms with Gasteiger partial charge >= 0.3 is 6.18 Å². The number of halogens is 3. The normalized spacial score (nSPS) is 21.5. The molecule has 1 aliphatic heterocycles. The molecule has 1 saturated heterocycles. The zero-order valence-corrected chi connectivity index (χ0v) is 10.9.